The Kier molecular flexibility index (Phi) is 7.87. The molecule has 7 nitrogen and oxygen atoms in total. The lowest BCUT2D eigenvalue weighted by atomic mass is 10.1. The molecular formula is C26H27F2N3O4. The van der Waals surface area contributed by atoms with E-state index in [1.165, 1.54) is 35.9 Å². The average Bonchev–Trinajstić information content (AvgIpc) is 3.07. The van der Waals surface area contributed by atoms with Crippen molar-refractivity contribution < 1.29 is 23.0 Å². The Balaban J connectivity index is 1.53. The fourth-order valence-corrected chi connectivity index (χ4v) is 4.30. The van der Waals surface area contributed by atoms with Gasteiger partial charge < -0.3 is 14.0 Å². The zero-order valence-corrected chi connectivity index (χ0v) is 19.5. The summed E-state index contributed by atoms with van der Waals surface area (Å²) in [5.74, 6) is -1.63. The number of nitrogens with zero attached hydrogens (tertiary/aromatic N) is 3. The Morgan fingerprint density at radius 3 is 2.63 bits per heavy atom. The highest BCUT2D eigenvalue weighted by molar-refractivity contribution is 5.93. The molecule has 0 saturated carbocycles. The van der Waals surface area contributed by atoms with Crippen LogP contribution in [0, 0.1) is 11.6 Å². The molecule has 184 valence electrons. The van der Waals surface area contributed by atoms with E-state index in [-0.39, 0.29) is 35.5 Å². The second-order valence-electron chi connectivity index (χ2n) is 8.35. The highest BCUT2D eigenvalue weighted by atomic mass is 19.1. The number of carbonyl (C=O) groups excluding carboxylic acids is 1. The van der Waals surface area contributed by atoms with Gasteiger partial charge in [-0.1, -0.05) is 12.1 Å². The van der Waals surface area contributed by atoms with Crippen molar-refractivity contribution in [2.24, 2.45) is 0 Å². The number of pyridine rings is 2. The summed E-state index contributed by atoms with van der Waals surface area (Å²) in [6.45, 7) is 1.44. The molecule has 3 aromatic rings. The van der Waals surface area contributed by atoms with E-state index in [1.54, 1.807) is 12.4 Å². The molecule has 35 heavy (non-hydrogen) atoms. The third kappa shape index (κ3) is 5.74. The van der Waals surface area contributed by atoms with E-state index in [9.17, 15) is 18.4 Å². The molecule has 2 aromatic heterocycles. The van der Waals surface area contributed by atoms with E-state index in [2.05, 4.69) is 4.98 Å². The third-order valence-electron chi connectivity index (χ3n) is 6.11. The summed E-state index contributed by atoms with van der Waals surface area (Å²) in [7, 11) is 1.28. The van der Waals surface area contributed by atoms with Crippen LogP contribution in [0.4, 0.5) is 8.78 Å². The van der Waals surface area contributed by atoms with Gasteiger partial charge >= 0.3 is 5.97 Å². The standard InChI is InChI=1S/C26H27F2N3O4/c1-34-26(33)25-22-9-11-30(17-19-20(27)7-2-8-21(19)28)12-13-31(22)24(32)15-23(25)35-14-4-6-18-5-3-10-29-16-18/h2-3,5,7-8,10,15-16H,4,6,9,11-14,17H2,1H3. The summed E-state index contributed by atoms with van der Waals surface area (Å²) in [5.41, 5.74) is 1.47. The Morgan fingerprint density at radius 2 is 1.91 bits per heavy atom. The molecule has 0 radical (unpaired) electrons. The fourth-order valence-electron chi connectivity index (χ4n) is 4.30. The zero-order chi connectivity index (χ0) is 24.8. The zero-order valence-electron chi connectivity index (χ0n) is 19.5. The van der Waals surface area contributed by atoms with Gasteiger partial charge in [-0.2, -0.15) is 0 Å². The maximum Gasteiger partial charge on any atom is 0.343 e. The van der Waals surface area contributed by atoms with E-state index in [4.69, 9.17) is 9.47 Å². The first-order valence-electron chi connectivity index (χ1n) is 11.5. The Labute approximate surface area is 201 Å². The predicted molar refractivity (Wildman–Crippen MR) is 125 cm³/mol. The number of esters is 1. The quantitative estimate of drug-likeness (QED) is 0.361. The van der Waals surface area contributed by atoms with Crippen molar-refractivity contribution in [1.29, 1.82) is 0 Å². The fraction of sp³-hybridized carbons (Fsp3) is 0.346. The van der Waals surface area contributed by atoms with Gasteiger partial charge in [0.15, 0.2) is 0 Å². The number of methoxy groups -OCH3 is 1. The van der Waals surface area contributed by atoms with Crippen molar-refractivity contribution >= 4 is 5.97 Å². The molecule has 1 aliphatic rings. The molecule has 3 heterocycles. The minimum atomic E-state index is -0.610. The normalized spacial score (nSPS) is 13.7. The minimum absolute atomic E-state index is 0.0170. The number of halogens is 2. The number of rotatable bonds is 8. The summed E-state index contributed by atoms with van der Waals surface area (Å²) in [6.07, 6.45) is 5.23. The highest BCUT2D eigenvalue weighted by Gasteiger charge is 2.26. The molecule has 1 aromatic carbocycles. The van der Waals surface area contributed by atoms with E-state index < -0.39 is 17.6 Å². The molecule has 0 amide bonds. The van der Waals surface area contributed by atoms with Crippen LogP contribution in [0.25, 0.3) is 0 Å². The first-order valence-corrected chi connectivity index (χ1v) is 11.5. The number of aromatic nitrogens is 2. The molecule has 0 bridgehead atoms. The number of benzene rings is 1. The average molecular weight is 484 g/mol. The van der Waals surface area contributed by atoms with Gasteiger partial charge in [-0.25, -0.2) is 13.6 Å². The first kappa shape index (κ1) is 24.5. The van der Waals surface area contributed by atoms with Crippen LogP contribution in [0.1, 0.15) is 33.6 Å². The van der Waals surface area contributed by atoms with Gasteiger partial charge in [-0.3, -0.25) is 14.7 Å². The third-order valence-corrected chi connectivity index (χ3v) is 6.11. The van der Waals surface area contributed by atoms with E-state index in [0.717, 1.165) is 12.0 Å². The molecule has 1 aliphatic heterocycles. The molecule has 0 saturated heterocycles. The van der Waals surface area contributed by atoms with Crippen LogP contribution in [0.3, 0.4) is 0 Å². The Morgan fingerprint density at radius 1 is 1.11 bits per heavy atom. The largest absolute Gasteiger partial charge is 0.492 e. The lowest BCUT2D eigenvalue weighted by Gasteiger charge is -2.20. The van der Waals surface area contributed by atoms with Crippen molar-refractivity contribution in [3.63, 3.8) is 0 Å². The lowest BCUT2D eigenvalue weighted by Crippen LogP contribution is -2.29. The van der Waals surface area contributed by atoms with E-state index in [0.29, 0.717) is 38.2 Å². The molecule has 0 unspecified atom stereocenters. The second-order valence-corrected chi connectivity index (χ2v) is 8.35. The molecule has 0 N–H and O–H groups in total. The Hall–Kier alpha value is -3.59. The van der Waals surface area contributed by atoms with Crippen molar-refractivity contribution in [2.45, 2.75) is 32.4 Å². The van der Waals surface area contributed by atoms with Gasteiger partial charge in [0.25, 0.3) is 5.56 Å². The molecule has 0 atom stereocenters. The van der Waals surface area contributed by atoms with Crippen LogP contribution in [0.15, 0.2) is 53.6 Å². The van der Waals surface area contributed by atoms with E-state index >= 15 is 0 Å². The lowest BCUT2D eigenvalue weighted by molar-refractivity contribution is 0.0593. The number of hydrogen-bond donors (Lipinski definition) is 0. The van der Waals surface area contributed by atoms with Gasteiger partial charge in [0, 0.05) is 62.3 Å². The van der Waals surface area contributed by atoms with Crippen LogP contribution in [-0.2, 0) is 30.7 Å². The monoisotopic (exact) mass is 483 g/mol. The number of fused-ring (bicyclic) bond motifs is 1. The molecule has 0 fully saturated rings. The van der Waals surface area contributed by atoms with Crippen molar-refractivity contribution in [2.75, 3.05) is 26.8 Å². The van der Waals surface area contributed by atoms with Crippen molar-refractivity contribution in [1.82, 2.24) is 14.5 Å². The highest BCUT2D eigenvalue weighted by Crippen LogP contribution is 2.25. The minimum Gasteiger partial charge on any atom is -0.492 e. The Bertz CT molecular complexity index is 1230. The van der Waals surface area contributed by atoms with Crippen LogP contribution in [0.2, 0.25) is 0 Å². The van der Waals surface area contributed by atoms with Gasteiger partial charge in [0.2, 0.25) is 0 Å². The number of ether oxygens (including phenoxy) is 2. The van der Waals surface area contributed by atoms with Gasteiger partial charge in [0.1, 0.15) is 22.9 Å². The van der Waals surface area contributed by atoms with Crippen molar-refractivity contribution in [3.05, 3.63) is 93.2 Å². The van der Waals surface area contributed by atoms with Gasteiger partial charge in [-0.05, 0) is 36.6 Å². The molecule has 4 rings (SSSR count). The summed E-state index contributed by atoms with van der Waals surface area (Å²) in [5, 5.41) is 0. The number of aryl methyl sites for hydroxylation is 1. The number of hydrogen-bond acceptors (Lipinski definition) is 6. The van der Waals surface area contributed by atoms with Gasteiger partial charge in [-0.15, -0.1) is 0 Å². The second kappa shape index (κ2) is 11.2. The molecule has 0 spiro atoms. The molecule has 9 heteroatoms. The summed E-state index contributed by atoms with van der Waals surface area (Å²) < 4.78 is 40.7. The summed E-state index contributed by atoms with van der Waals surface area (Å²) in [6, 6.07) is 8.92. The van der Waals surface area contributed by atoms with Crippen LogP contribution < -0.4 is 10.3 Å². The first-order chi connectivity index (χ1) is 17.0. The van der Waals surface area contributed by atoms with E-state index in [1.807, 2.05) is 17.0 Å². The van der Waals surface area contributed by atoms with Crippen LogP contribution in [-0.4, -0.2) is 47.2 Å². The maximum absolute atomic E-state index is 14.2. The van der Waals surface area contributed by atoms with Crippen LogP contribution in [0.5, 0.6) is 5.75 Å². The van der Waals surface area contributed by atoms with Crippen molar-refractivity contribution in [3.8, 4) is 5.75 Å². The molecular weight excluding hydrogens is 456 g/mol. The summed E-state index contributed by atoms with van der Waals surface area (Å²) >= 11 is 0. The van der Waals surface area contributed by atoms with Gasteiger partial charge in [0.05, 0.1) is 13.7 Å². The summed E-state index contributed by atoms with van der Waals surface area (Å²) in [4.78, 5) is 31.6. The maximum atomic E-state index is 14.2. The smallest absolute Gasteiger partial charge is 0.343 e. The number of carbonyl (C=O) groups is 1. The predicted octanol–water partition coefficient (Wildman–Crippen LogP) is 3.38. The topological polar surface area (TPSA) is 73.7 Å². The van der Waals surface area contributed by atoms with Crippen LogP contribution >= 0.6 is 0 Å². The SMILES string of the molecule is COC(=O)c1c(OCCCc2cccnc2)cc(=O)n2c1CCN(Cc1c(F)cccc1F)CC2. The molecule has 0 aliphatic carbocycles.